The van der Waals surface area contributed by atoms with Gasteiger partial charge in [0.15, 0.2) is 0 Å². The topological polar surface area (TPSA) is 69.2 Å². The summed E-state index contributed by atoms with van der Waals surface area (Å²) in [6.07, 6.45) is 0. The van der Waals surface area contributed by atoms with Gasteiger partial charge in [-0.2, -0.15) is 0 Å². The molecule has 0 fully saturated rings. The standard InChI is InChI=1S/O3P.Pt/c1-4(2)3;/q-3;. The van der Waals surface area contributed by atoms with E-state index in [4.69, 9.17) is 14.7 Å². The zero-order valence-corrected chi connectivity index (χ0v) is 5.15. The predicted molar refractivity (Wildman–Crippen MR) is 6.92 cm³/mol. The summed E-state index contributed by atoms with van der Waals surface area (Å²) in [6.45, 7) is 0. The van der Waals surface area contributed by atoms with Crippen LogP contribution in [0.5, 0.6) is 0 Å². The molecule has 0 bridgehead atoms. The molecule has 0 heterocycles. The van der Waals surface area contributed by atoms with E-state index in [1.54, 1.807) is 0 Å². The van der Waals surface area contributed by atoms with Gasteiger partial charge in [-0.1, -0.05) is 0 Å². The number of hydrogen-bond donors (Lipinski definition) is 0. The van der Waals surface area contributed by atoms with Gasteiger partial charge >= 0.3 is 0 Å². The van der Waals surface area contributed by atoms with Crippen LogP contribution in [0.3, 0.4) is 0 Å². The molecule has 0 unspecified atom stereocenters. The summed E-state index contributed by atoms with van der Waals surface area (Å²) in [4.78, 5) is 25.4. The Balaban J connectivity index is 0. The zero-order valence-electron chi connectivity index (χ0n) is 1.99. The molecule has 0 aromatic heterocycles. The third-order valence-electron chi connectivity index (χ3n) is 0. The largest absolute Gasteiger partial charge is 0.854 e. The van der Waals surface area contributed by atoms with Gasteiger partial charge in [0.05, 0.1) is 0 Å². The Bertz CT molecular complexity index is 11.6. The molecule has 0 N–H and O–H groups in total. The van der Waals surface area contributed by atoms with Crippen molar-refractivity contribution in [2.24, 2.45) is 0 Å². The number of hydrogen-bond acceptors (Lipinski definition) is 3. The van der Waals surface area contributed by atoms with Crippen LogP contribution in [-0.4, -0.2) is 0 Å². The van der Waals surface area contributed by atoms with E-state index < -0.39 is 8.60 Å². The van der Waals surface area contributed by atoms with E-state index in [2.05, 4.69) is 0 Å². The predicted octanol–water partition coefficient (Wildman–Crippen LogP) is -2.71. The van der Waals surface area contributed by atoms with Gasteiger partial charge in [-0.15, -0.1) is 0 Å². The normalized spacial score (nSPS) is 7.20. The molecule has 0 aromatic rings. The van der Waals surface area contributed by atoms with Crippen molar-refractivity contribution >= 4 is 8.60 Å². The third kappa shape index (κ3) is 45.1. The monoisotopic (exact) mass is 274 g/mol. The third-order valence-corrected chi connectivity index (χ3v) is 0. The van der Waals surface area contributed by atoms with E-state index in [0.717, 1.165) is 0 Å². The van der Waals surface area contributed by atoms with E-state index >= 15 is 0 Å². The first-order chi connectivity index (χ1) is 1.73. The SMILES string of the molecule is [O-]P([O-])[O-].[Pt]. The van der Waals surface area contributed by atoms with Crippen LogP contribution in [0.15, 0.2) is 0 Å². The number of rotatable bonds is 0. The van der Waals surface area contributed by atoms with Gasteiger partial charge in [-0.3, -0.25) is 0 Å². The Kier molecular flexibility index (Phi) is 9.37. The molecule has 0 saturated carbocycles. The molecule has 0 aliphatic rings. The van der Waals surface area contributed by atoms with Crippen LogP contribution in [0.1, 0.15) is 0 Å². The maximum absolute atomic E-state index is 8.48. The minimum absolute atomic E-state index is 0. The van der Waals surface area contributed by atoms with Crippen LogP contribution >= 0.6 is 8.60 Å². The Morgan fingerprint density at radius 3 is 1.00 bits per heavy atom. The molecule has 0 aromatic carbocycles. The Morgan fingerprint density at radius 1 is 1.00 bits per heavy atom. The van der Waals surface area contributed by atoms with Gasteiger partial charge in [0.25, 0.3) is 0 Å². The van der Waals surface area contributed by atoms with Crippen LogP contribution in [0.4, 0.5) is 0 Å². The summed E-state index contributed by atoms with van der Waals surface area (Å²) in [5.41, 5.74) is 0. The van der Waals surface area contributed by atoms with Crippen molar-refractivity contribution in [3.8, 4) is 0 Å². The maximum atomic E-state index is 8.48. The second-order valence-electron chi connectivity index (χ2n) is 0.224. The maximum Gasteiger partial charge on any atom is 0 e. The Hall–Kier alpha value is 0.998. The van der Waals surface area contributed by atoms with Gasteiger partial charge in [0.2, 0.25) is 0 Å². The van der Waals surface area contributed by atoms with Crippen LogP contribution in [0.2, 0.25) is 0 Å². The fraction of sp³-hybridized carbons (Fsp3) is 0. The van der Waals surface area contributed by atoms with E-state index in [9.17, 15) is 0 Å². The molecule has 0 aliphatic heterocycles. The fourth-order valence-electron chi connectivity index (χ4n) is 0. The molecule has 0 rings (SSSR count). The molecule has 5 heteroatoms. The summed E-state index contributed by atoms with van der Waals surface area (Å²) in [6, 6.07) is 0. The van der Waals surface area contributed by atoms with Crippen LogP contribution in [0, 0.1) is 0 Å². The van der Waals surface area contributed by atoms with E-state index in [1.807, 2.05) is 0 Å². The van der Waals surface area contributed by atoms with Crippen molar-refractivity contribution in [2.75, 3.05) is 0 Å². The summed E-state index contributed by atoms with van der Waals surface area (Å²) >= 11 is 0. The van der Waals surface area contributed by atoms with Crippen molar-refractivity contribution in [3.63, 3.8) is 0 Å². The molecule has 3 nitrogen and oxygen atoms in total. The molecule has 5 heavy (non-hydrogen) atoms. The van der Waals surface area contributed by atoms with Crippen LogP contribution in [0.25, 0.3) is 0 Å². The molecule has 0 saturated heterocycles. The first-order valence-corrected chi connectivity index (χ1v) is 1.64. The summed E-state index contributed by atoms with van der Waals surface area (Å²) < 4.78 is 0. The van der Waals surface area contributed by atoms with E-state index in [-0.39, 0.29) is 21.1 Å². The zero-order chi connectivity index (χ0) is 3.58. The minimum Gasteiger partial charge on any atom is -0.854 e. The molecule has 0 atom stereocenters. The van der Waals surface area contributed by atoms with Crippen molar-refractivity contribution < 1.29 is 35.7 Å². The van der Waals surface area contributed by atoms with Crippen molar-refractivity contribution in [3.05, 3.63) is 0 Å². The van der Waals surface area contributed by atoms with Gasteiger partial charge in [0, 0.05) is 21.1 Å². The molecule has 0 amide bonds. The molecular weight excluding hydrogens is 274 g/mol. The summed E-state index contributed by atoms with van der Waals surface area (Å²) in [5, 5.41) is 0. The van der Waals surface area contributed by atoms with Crippen molar-refractivity contribution in [2.45, 2.75) is 0 Å². The van der Waals surface area contributed by atoms with Crippen molar-refractivity contribution in [1.29, 1.82) is 0 Å². The first kappa shape index (κ1) is 9.37. The Labute approximate surface area is 44.9 Å². The average Bonchev–Trinajstić information content (AvgIpc) is 0.811. The van der Waals surface area contributed by atoms with Gasteiger partial charge in [-0.25, -0.2) is 0 Å². The first-order valence-electron chi connectivity index (χ1n) is 0.548. The summed E-state index contributed by atoms with van der Waals surface area (Å²) in [7, 11) is -3.37. The molecule has 0 radical (unpaired) electrons. The molecular formula is O3PPt-3. The molecule has 36 valence electrons. The average molecular weight is 274 g/mol. The van der Waals surface area contributed by atoms with E-state index in [0.29, 0.717) is 0 Å². The smallest absolute Gasteiger partial charge is 0 e. The minimum atomic E-state index is -3.37. The Morgan fingerprint density at radius 2 is 1.00 bits per heavy atom. The van der Waals surface area contributed by atoms with Gasteiger partial charge < -0.3 is 23.3 Å². The fourth-order valence-corrected chi connectivity index (χ4v) is 0. The molecule has 0 aliphatic carbocycles. The van der Waals surface area contributed by atoms with E-state index in [1.165, 1.54) is 0 Å². The molecule has 0 spiro atoms. The van der Waals surface area contributed by atoms with Crippen LogP contribution < -0.4 is 14.7 Å². The van der Waals surface area contributed by atoms with Crippen LogP contribution in [-0.2, 0) is 21.1 Å². The summed E-state index contributed by atoms with van der Waals surface area (Å²) in [5.74, 6) is 0. The van der Waals surface area contributed by atoms with Gasteiger partial charge in [-0.05, 0) is 0 Å². The van der Waals surface area contributed by atoms with Crippen molar-refractivity contribution in [1.82, 2.24) is 0 Å². The quantitative estimate of drug-likeness (QED) is 0.451. The second-order valence-corrected chi connectivity index (χ2v) is 0.671. The second kappa shape index (κ2) is 5.00. The van der Waals surface area contributed by atoms with Gasteiger partial charge in [0.1, 0.15) is 0 Å².